The summed E-state index contributed by atoms with van der Waals surface area (Å²) < 4.78 is 32.0. The first-order valence-electron chi connectivity index (χ1n) is 7.41. The molecule has 1 aliphatic heterocycles. The van der Waals surface area contributed by atoms with Crippen LogP contribution in [-0.2, 0) is 21.2 Å². The number of methoxy groups -OCH3 is 1. The zero-order valence-electron chi connectivity index (χ0n) is 13.0. The highest BCUT2D eigenvalue weighted by Gasteiger charge is 2.40. The minimum atomic E-state index is -3.93. The lowest BCUT2D eigenvalue weighted by atomic mass is 9.94. The van der Waals surface area contributed by atoms with Crippen molar-refractivity contribution < 1.29 is 23.1 Å². The topological polar surface area (TPSA) is 83.9 Å². The number of hydrogen-bond acceptors (Lipinski definition) is 4. The van der Waals surface area contributed by atoms with Crippen LogP contribution in [0.3, 0.4) is 0 Å². The number of hydrogen-bond donors (Lipinski definition) is 1. The molecule has 0 saturated heterocycles. The van der Waals surface area contributed by atoms with Crippen LogP contribution in [0.2, 0.25) is 0 Å². The minimum Gasteiger partial charge on any atom is -0.497 e. The summed E-state index contributed by atoms with van der Waals surface area (Å²) in [4.78, 5) is 11.8. The fourth-order valence-electron chi connectivity index (χ4n) is 2.94. The molecule has 1 atom stereocenters. The normalized spacial score (nSPS) is 18.0. The molecular weight excluding hydrogens is 330 g/mol. The molecule has 3 rings (SSSR count). The number of carbonyl (C=O) groups is 1. The molecule has 0 spiro atoms. The largest absolute Gasteiger partial charge is 0.497 e. The average molecular weight is 347 g/mol. The maximum Gasteiger partial charge on any atom is 0.326 e. The average Bonchev–Trinajstić information content (AvgIpc) is 2.60. The number of sulfonamides is 1. The van der Waals surface area contributed by atoms with E-state index in [1.807, 2.05) is 12.1 Å². The molecule has 0 aromatic heterocycles. The minimum absolute atomic E-state index is 0.0499. The number of ether oxygens (including phenoxy) is 1. The van der Waals surface area contributed by atoms with Gasteiger partial charge in [0.1, 0.15) is 11.8 Å². The highest BCUT2D eigenvalue weighted by atomic mass is 32.2. The standard InChI is InChI=1S/C17H17NO5S/c1-23-13-6-8-14(9-7-13)24(21,22)18-11-10-12-4-2-3-5-15(12)16(18)17(19)20/h2-9,16H,10-11H2,1H3,(H,19,20)/t16-/m1/s1. The molecule has 24 heavy (non-hydrogen) atoms. The van der Waals surface area contributed by atoms with Gasteiger partial charge in [-0.25, -0.2) is 8.42 Å². The van der Waals surface area contributed by atoms with Gasteiger partial charge in [-0.15, -0.1) is 0 Å². The summed E-state index contributed by atoms with van der Waals surface area (Å²) in [7, 11) is -2.44. The van der Waals surface area contributed by atoms with Crippen LogP contribution in [0.5, 0.6) is 5.75 Å². The second kappa shape index (κ2) is 6.26. The number of fused-ring (bicyclic) bond motifs is 1. The summed E-state index contributed by atoms with van der Waals surface area (Å²) in [5.74, 6) is -0.646. The fourth-order valence-corrected chi connectivity index (χ4v) is 4.51. The third-order valence-corrected chi connectivity index (χ3v) is 6.02. The van der Waals surface area contributed by atoms with E-state index in [0.717, 1.165) is 9.87 Å². The molecular formula is C17H17NO5S. The van der Waals surface area contributed by atoms with Gasteiger partial charge in [-0.2, -0.15) is 4.31 Å². The second-order valence-corrected chi connectivity index (χ2v) is 7.37. The van der Waals surface area contributed by atoms with Crippen LogP contribution in [0, 0.1) is 0 Å². The lowest BCUT2D eigenvalue weighted by molar-refractivity contribution is -0.142. The molecule has 7 heteroatoms. The van der Waals surface area contributed by atoms with Crippen molar-refractivity contribution in [1.29, 1.82) is 0 Å². The Balaban J connectivity index is 2.05. The van der Waals surface area contributed by atoms with E-state index < -0.39 is 22.0 Å². The quantitative estimate of drug-likeness (QED) is 0.915. The van der Waals surface area contributed by atoms with Crippen molar-refractivity contribution in [3.05, 3.63) is 59.7 Å². The lowest BCUT2D eigenvalue weighted by Crippen LogP contribution is -2.43. The van der Waals surface area contributed by atoms with E-state index in [2.05, 4.69) is 0 Å². The van der Waals surface area contributed by atoms with Crippen LogP contribution in [0.25, 0.3) is 0 Å². The Kier molecular flexibility index (Phi) is 4.29. The van der Waals surface area contributed by atoms with Gasteiger partial charge in [0.25, 0.3) is 0 Å². The Morgan fingerprint density at radius 3 is 2.46 bits per heavy atom. The van der Waals surface area contributed by atoms with Crippen molar-refractivity contribution in [2.24, 2.45) is 0 Å². The molecule has 0 radical (unpaired) electrons. The predicted molar refractivity (Wildman–Crippen MR) is 87.4 cm³/mol. The molecule has 2 aromatic rings. The highest BCUT2D eigenvalue weighted by molar-refractivity contribution is 7.89. The molecule has 6 nitrogen and oxygen atoms in total. The molecule has 0 fully saturated rings. The second-order valence-electron chi connectivity index (χ2n) is 5.48. The van der Waals surface area contributed by atoms with E-state index in [9.17, 15) is 18.3 Å². The number of carboxylic acids is 1. The van der Waals surface area contributed by atoms with E-state index >= 15 is 0 Å². The molecule has 0 saturated carbocycles. The number of benzene rings is 2. The summed E-state index contributed by atoms with van der Waals surface area (Å²) in [5.41, 5.74) is 1.39. The Hall–Kier alpha value is -2.38. The van der Waals surface area contributed by atoms with Gasteiger partial charge < -0.3 is 9.84 Å². The van der Waals surface area contributed by atoms with Gasteiger partial charge in [-0.05, 0) is 41.8 Å². The molecule has 126 valence electrons. The number of aliphatic carboxylic acids is 1. The number of carboxylic acid groups (broad SMARTS) is 1. The fraction of sp³-hybridized carbons (Fsp3) is 0.235. The van der Waals surface area contributed by atoms with Gasteiger partial charge in [0.15, 0.2) is 0 Å². The van der Waals surface area contributed by atoms with E-state index in [4.69, 9.17) is 4.74 Å². The van der Waals surface area contributed by atoms with E-state index in [1.54, 1.807) is 24.3 Å². The summed E-state index contributed by atoms with van der Waals surface area (Å²) >= 11 is 0. The Morgan fingerprint density at radius 2 is 1.83 bits per heavy atom. The number of rotatable bonds is 4. The van der Waals surface area contributed by atoms with Crippen molar-refractivity contribution in [3.63, 3.8) is 0 Å². The zero-order chi connectivity index (χ0) is 17.3. The van der Waals surface area contributed by atoms with E-state index in [0.29, 0.717) is 17.7 Å². The SMILES string of the molecule is COc1ccc(S(=O)(=O)N2CCc3ccccc3[C@@H]2C(=O)O)cc1. The molecule has 2 aromatic carbocycles. The molecule has 0 amide bonds. The van der Waals surface area contributed by atoms with E-state index in [-0.39, 0.29) is 11.4 Å². The first-order valence-corrected chi connectivity index (χ1v) is 8.85. The third kappa shape index (κ3) is 2.76. The maximum absolute atomic E-state index is 12.9. The number of nitrogens with zero attached hydrogens (tertiary/aromatic N) is 1. The Bertz CT molecular complexity index is 861. The van der Waals surface area contributed by atoms with Crippen molar-refractivity contribution in [2.75, 3.05) is 13.7 Å². The summed E-state index contributed by atoms with van der Waals surface area (Å²) in [6, 6.07) is 11.8. The third-order valence-electron chi connectivity index (χ3n) is 4.14. The van der Waals surface area contributed by atoms with Crippen LogP contribution in [0.15, 0.2) is 53.4 Å². The maximum atomic E-state index is 12.9. The van der Waals surface area contributed by atoms with Crippen molar-refractivity contribution in [3.8, 4) is 5.75 Å². The summed E-state index contributed by atoms with van der Waals surface area (Å²) in [6.07, 6.45) is 0.481. The highest BCUT2D eigenvalue weighted by Crippen LogP contribution is 2.34. The molecule has 1 N–H and O–H groups in total. The predicted octanol–water partition coefficient (Wildman–Crippen LogP) is 2.07. The van der Waals surface area contributed by atoms with Gasteiger partial charge in [-0.1, -0.05) is 24.3 Å². The first kappa shape index (κ1) is 16.5. The van der Waals surface area contributed by atoms with Crippen LogP contribution in [0.4, 0.5) is 0 Å². The Labute approximate surface area is 140 Å². The Morgan fingerprint density at radius 1 is 1.17 bits per heavy atom. The van der Waals surface area contributed by atoms with Gasteiger partial charge in [0.2, 0.25) is 10.0 Å². The van der Waals surface area contributed by atoms with Crippen molar-refractivity contribution in [2.45, 2.75) is 17.4 Å². The van der Waals surface area contributed by atoms with Crippen LogP contribution in [-0.4, -0.2) is 37.5 Å². The van der Waals surface area contributed by atoms with Crippen molar-refractivity contribution in [1.82, 2.24) is 4.31 Å². The van der Waals surface area contributed by atoms with E-state index in [1.165, 1.54) is 19.2 Å². The van der Waals surface area contributed by atoms with Gasteiger partial charge >= 0.3 is 5.97 Å². The summed E-state index contributed by atoms with van der Waals surface area (Å²) in [5, 5.41) is 9.62. The molecule has 1 aliphatic rings. The summed E-state index contributed by atoms with van der Waals surface area (Å²) in [6.45, 7) is 0.127. The molecule has 1 heterocycles. The van der Waals surface area contributed by atoms with Gasteiger partial charge in [0.05, 0.1) is 12.0 Å². The van der Waals surface area contributed by atoms with Crippen LogP contribution < -0.4 is 4.74 Å². The molecule has 0 unspecified atom stereocenters. The van der Waals surface area contributed by atoms with Gasteiger partial charge in [0, 0.05) is 6.54 Å². The zero-order valence-corrected chi connectivity index (χ0v) is 13.9. The van der Waals surface area contributed by atoms with Crippen LogP contribution >= 0.6 is 0 Å². The lowest BCUT2D eigenvalue weighted by Gasteiger charge is -2.33. The smallest absolute Gasteiger partial charge is 0.326 e. The van der Waals surface area contributed by atoms with Crippen LogP contribution in [0.1, 0.15) is 17.2 Å². The molecule has 0 bridgehead atoms. The first-order chi connectivity index (χ1) is 11.4. The van der Waals surface area contributed by atoms with Crippen molar-refractivity contribution >= 4 is 16.0 Å². The van der Waals surface area contributed by atoms with Gasteiger partial charge in [-0.3, -0.25) is 4.79 Å². The molecule has 0 aliphatic carbocycles. The monoisotopic (exact) mass is 347 g/mol.